The molecule has 1 nitrogen and oxygen atoms in total. The minimum absolute atomic E-state index is 0.689. The predicted molar refractivity (Wildman–Crippen MR) is 35.6 cm³/mol. The van der Waals surface area contributed by atoms with Crippen molar-refractivity contribution in [2.24, 2.45) is 5.92 Å². The zero-order valence-electron chi connectivity index (χ0n) is 5.56. The van der Waals surface area contributed by atoms with Gasteiger partial charge in [0.25, 0.3) is 0 Å². The van der Waals surface area contributed by atoms with E-state index in [4.69, 9.17) is 0 Å². The molecule has 1 unspecified atom stereocenters. The van der Waals surface area contributed by atoms with Gasteiger partial charge in [-0.15, -0.1) is 0 Å². The summed E-state index contributed by atoms with van der Waals surface area (Å²) >= 11 is 0. The zero-order chi connectivity index (χ0) is 5.98. The van der Waals surface area contributed by atoms with Crippen LogP contribution < -0.4 is 0 Å². The van der Waals surface area contributed by atoms with Crippen LogP contribution in [-0.2, 0) is 0 Å². The molecule has 0 saturated carbocycles. The molecule has 1 radical (unpaired) electrons. The van der Waals surface area contributed by atoms with Crippen molar-refractivity contribution in [3.05, 3.63) is 6.92 Å². The van der Waals surface area contributed by atoms with Crippen molar-refractivity contribution in [1.29, 1.82) is 0 Å². The van der Waals surface area contributed by atoms with E-state index in [1.807, 2.05) is 0 Å². The van der Waals surface area contributed by atoms with E-state index in [2.05, 4.69) is 18.9 Å². The summed E-state index contributed by atoms with van der Waals surface area (Å²) in [5.74, 6) is 0.689. The van der Waals surface area contributed by atoms with Gasteiger partial charge in [0, 0.05) is 6.54 Å². The van der Waals surface area contributed by atoms with Gasteiger partial charge in [0.1, 0.15) is 0 Å². The van der Waals surface area contributed by atoms with E-state index in [9.17, 15) is 0 Å². The number of piperidine rings is 1. The van der Waals surface area contributed by atoms with E-state index in [0.29, 0.717) is 5.92 Å². The predicted octanol–water partition coefficient (Wildman–Crippen LogP) is 1.16. The van der Waals surface area contributed by atoms with Crippen LogP contribution in [0.1, 0.15) is 12.8 Å². The maximum Gasteiger partial charge on any atom is 0.000662 e. The molecule has 0 N–H and O–H groups in total. The summed E-state index contributed by atoms with van der Waals surface area (Å²) in [6.07, 6.45) is 2.66. The first-order valence-electron chi connectivity index (χ1n) is 3.30. The van der Waals surface area contributed by atoms with E-state index < -0.39 is 0 Å². The molecule has 0 aliphatic carbocycles. The molecule has 1 rings (SSSR count). The third kappa shape index (κ3) is 1.48. The van der Waals surface area contributed by atoms with E-state index in [-0.39, 0.29) is 0 Å². The quantitative estimate of drug-likeness (QED) is 0.454. The Morgan fingerprint density at radius 1 is 1.62 bits per heavy atom. The fraction of sp³-hybridized carbons (Fsp3) is 0.857. The highest BCUT2D eigenvalue weighted by atomic mass is 15.1. The van der Waals surface area contributed by atoms with Crippen LogP contribution in [0.5, 0.6) is 0 Å². The number of rotatable bonds is 0. The first-order chi connectivity index (χ1) is 3.79. The second-order valence-corrected chi connectivity index (χ2v) is 2.77. The highest BCUT2D eigenvalue weighted by molar-refractivity contribution is 4.71. The van der Waals surface area contributed by atoms with Crippen LogP contribution in [0.15, 0.2) is 0 Å². The maximum atomic E-state index is 4.01. The average Bonchev–Trinajstić information content (AvgIpc) is 1.64. The monoisotopic (exact) mass is 112 g/mol. The summed E-state index contributed by atoms with van der Waals surface area (Å²) in [7, 11) is 2.16. The molecule has 0 spiro atoms. The van der Waals surface area contributed by atoms with Crippen LogP contribution in [0.2, 0.25) is 0 Å². The highest BCUT2D eigenvalue weighted by Crippen LogP contribution is 2.12. The largest absolute Gasteiger partial charge is 0.306 e. The Morgan fingerprint density at radius 2 is 2.38 bits per heavy atom. The lowest BCUT2D eigenvalue weighted by Gasteiger charge is -2.26. The van der Waals surface area contributed by atoms with Crippen molar-refractivity contribution in [3.63, 3.8) is 0 Å². The molecule has 1 saturated heterocycles. The highest BCUT2D eigenvalue weighted by Gasteiger charge is 2.11. The Balaban J connectivity index is 2.23. The fourth-order valence-electron chi connectivity index (χ4n) is 1.27. The average molecular weight is 112 g/mol. The van der Waals surface area contributed by atoms with Gasteiger partial charge in [0.2, 0.25) is 0 Å². The summed E-state index contributed by atoms with van der Waals surface area (Å²) in [4.78, 5) is 2.35. The Hall–Kier alpha value is -0.0400. The summed E-state index contributed by atoms with van der Waals surface area (Å²) in [6.45, 7) is 6.47. The maximum absolute atomic E-state index is 4.01. The van der Waals surface area contributed by atoms with Gasteiger partial charge < -0.3 is 4.90 Å². The molecule has 0 bridgehead atoms. The van der Waals surface area contributed by atoms with Gasteiger partial charge in [0.05, 0.1) is 0 Å². The summed E-state index contributed by atoms with van der Waals surface area (Å²) in [5.41, 5.74) is 0. The normalized spacial score (nSPS) is 33.0. The fourth-order valence-corrected chi connectivity index (χ4v) is 1.27. The molecular weight excluding hydrogens is 98.1 g/mol. The number of hydrogen-bond donors (Lipinski definition) is 0. The van der Waals surface area contributed by atoms with Gasteiger partial charge in [0.15, 0.2) is 0 Å². The van der Waals surface area contributed by atoms with Crippen molar-refractivity contribution in [3.8, 4) is 0 Å². The number of hydrogen-bond acceptors (Lipinski definition) is 1. The standard InChI is InChI=1S/C7H14N/c1-7-4-3-5-8(2)6-7/h7H,1,3-6H2,2H3. The molecule has 0 aromatic heterocycles. The Bertz CT molecular complexity index is 62.8. The first-order valence-corrected chi connectivity index (χ1v) is 3.30. The lowest BCUT2D eigenvalue weighted by Crippen LogP contribution is -2.30. The third-order valence-corrected chi connectivity index (χ3v) is 1.72. The minimum Gasteiger partial charge on any atom is -0.306 e. The van der Waals surface area contributed by atoms with Gasteiger partial charge >= 0.3 is 0 Å². The Morgan fingerprint density at radius 3 is 2.75 bits per heavy atom. The van der Waals surface area contributed by atoms with Gasteiger partial charge in [-0.1, -0.05) is 0 Å². The zero-order valence-corrected chi connectivity index (χ0v) is 5.56. The molecule has 0 amide bonds. The lowest BCUT2D eigenvalue weighted by molar-refractivity contribution is 0.236. The first kappa shape index (κ1) is 6.09. The van der Waals surface area contributed by atoms with Crippen molar-refractivity contribution >= 4 is 0 Å². The third-order valence-electron chi connectivity index (χ3n) is 1.72. The van der Waals surface area contributed by atoms with E-state index in [0.717, 1.165) is 0 Å². The van der Waals surface area contributed by atoms with E-state index in [1.165, 1.54) is 25.9 Å². The molecular formula is C7H14N. The molecule has 0 aromatic carbocycles. The van der Waals surface area contributed by atoms with Gasteiger partial charge in [-0.2, -0.15) is 0 Å². The van der Waals surface area contributed by atoms with Crippen LogP contribution in [0, 0.1) is 12.8 Å². The summed E-state index contributed by atoms with van der Waals surface area (Å²) in [5, 5.41) is 0. The SMILES string of the molecule is [CH2]C1CCCN(C)C1. The molecule has 1 heteroatoms. The molecule has 1 heterocycles. The van der Waals surface area contributed by atoms with Crippen molar-refractivity contribution in [2.75, 3.05) is 20.1 Å². The van der Waals surface area contributed by atoms with E-state index in [1.54, 1.807) is 0 Å². The van der Waals surface area contributed by atoms with E-state index >= 15 is 0 Å². The van der Waals surface area contributed by atoms with Gasteiger partial charge in [-0.25, -0.2) is 0 Å². The molecule has 8 heavy (non-hydrogen) atoms. The molecule has 0 aromatic rings. The van der Waals surface area contributed by atoms with Crippen LogP contribution >= 0.6 is 0 Å². The molecule has 1 fully saturated rings. The topological polar surface area (TPSA) is 3.24 Å². The van der Waals surface area contributed by atoms with Crippen LogP contribution in [0.4, 0.5) is 0 Å². The van der Waals surface area contributed by atoms with Crippen LogP contribution in [0.25, 0.3) is 0 Å². The van der Waals surface area contributed by atoms with Crippen molar-refractivity contribution < 1.29 is 0 Å². The summed E-state index contributed by atoms with van der Waals surface area (Å²) in [6, 6.07) is 0. The van der Waals surface area contributed by atoms with Crippen molar-refractivity contribution in [2.45, 2.75) is 12.8 Å². The lowest BCUT2D eigenvalue weighted by atomic mass is 10.0. The molecule has 1 aliphatic rings. The number of nitrogens with zero attached hydrogens (tertiary/aromatic N) is 1. The second-order valence-electron chi connectivity index (χ2n) is 2.77. The molecule has 1 atom stereocenters. The van der Waals surface area contributed by atoms with Crippen LogP contribution in [-0.4, -0.2) is 25.0 Å². The molecule has 1 aliphatic heterocycles. The molecule has 47 valence electrons. The minimum atomic E-state index is 0.689. The van der Waals surface area contributed by atoms with Gasteiger partial charge in [-0.3, -0.25) is 0 Å². The Kier molecular flexibility index (Phi) is 1.90. The summed E-state index contributed by atoms with van der Waals surface area (Å²) < 4.78 is 0. The second kappa shape index (κ2) is 2.49. The van der Waals surface area contributed by atoms with Gasteiger partial charge in [-0.05, 0) is 39.3 Å². The smallest absolute Gasteiger partial charge is 0.000662 e. The van der Waals surface area contributed by atoms with Crippen LogP contribution in [0.3, 0.4) is 0 Å². The Labute approximate surface area is 51.7 Å². The number of likely N-dealkylation sites (tertiary alicyclic amines) is 1. The van der Waals surface area contributed by atoms with Crippen molar-refractivity contribution in [1.82, 2.24) is 4.90 Å².